The van der Waals surface area contributed by atoms with E-state index in [1.807, 2.05) is 31.2 Å². The van der Waals surface area contributed by atoms with Gasteiger partial charge in [-0.2, -0.15) is 0 Å². The van der Waals surface area contributed by atoms with Gasteiger partial charge in [-0.1, -0.05) is 23.7 Å². The third kappa shape index (κ3) is 4.66. The quantitative estimate of drug-likeness (QED) is 0.778. The fraction of sp³-hybridized carbons (Fsp3) is 0.381. The molecule has 0 spiro atoms. The number of nitrogens with one attached hydrogen (secondary N) is 1. The molecule has 27 heavy (non-hydrogen) atoms. The van der Waals surface area contributed by atoms with E-state index >= 15 is 0 Å². The monoisotopic (exact) mass is 388 g/mol. The lowest BCUT2D eigenvalue weighted by Gasteiger charge is -2.20. The zero-order valence-electron chi connectivity index (χ0n) is 15.7. The molecule has 1 heterocycles. The van der Waals surface area contributed by atoms with E-state index in [9.17, 15) is 4.79 Å². The first-order valence-electron chi connectivity index (χ1n) is 9.21. The smallest absolute Gasteiger partial charge is 0.251 e. The van der Waals surface area contributed by atoms with Crippen molar-refractivity contribution in [3.8, 4) is 11.5 Å². The molecule has 1 aliphatic heterocycles. The number of amides is 1. The molecule has 0 radical (unpaired) electrons. The maximum atomic E-state index is 12.5. The first-order chi connectivity index (χ1) is 13.1. The highest BCUT2D eigenvalue weighted by Gasteiger charge is 2.24. The van der Waals surface area contributed by atoms with Crippen molar-refractivity contribution in [2.75, 3.05) is 38.3 Å². The molecule has 144 valence electrons. The van der Waals surface area contributed by atoms with Gasteiger partial charge < -0.3 is 19.7 Å². The zero-order chi connectivity index (χ0) is 19.2. The van der Waals surface area contributed by atoms with Crippen LogP contribution < -0.4 is 19.7 Å². The molecule has 1 atom stereocenters. The second-order valence-corrected chi connectivity index (χ2v) is 6.97. The predicted molar refractivity (Wildman–Crippen MR) is 108 cm³/mol. The first kappa shape index (κ1) is 19.4. The molecule has 1 aliphatic rings. The summed E-state index contributed by atoms with van der Waals surface area (Å²) in [5.41, 5.74) is 1.63. The summed E-state index contributed by atoms with van der Waals surface area (Å²) < 4.78 is 10.8. The van der Waals surface area contributed by atoms with Gasteiger partial charge >= 0.3 is 0 Å². The number of methoxy groups -OCH3 is 1. The van der Waals surface area contributed by atoms with Crippen molar-refractivity contribution >= 4 is 23.2 Å². The number of ether oxygens (including phenoxy) is 2. The summed E-state index contributed by atoms with van der Waals surface area (Å²) in [4.78, 5) is 14.8. The number of carbonyl (C=O) groups excluding carboxylic acids is 1. The number of rotatable bonds is 7. The van der Waals surface area contributed by atoms with Crippen molar-refractivity contribution in [2.24, 2.45) is 5.92 Å². The summed E-state index contributed by atoms with van der Waals surface area (Å²) in [5, 5.41) is 3.80. The van der Waals surface area contributed by atoms with Crippen molar-refractivity contribution in [2.45, 2.75) is 13.3 Å². The van der Waals surface area contributed by atoms with Crippen LogP contribution in [0.3, 0.4) is 0 Å². The molecule has 2 aromatic rings. The number of benzene rings is 2. The van der Waals surface area contributed by atoms with Gasteiger partial charge in [-0.05, 0) is 49.6 Å². The van der Waals surface area contributed by atoms with Crippen LogP contribution in [-0.2, 0) is 0 Å². The highest BCUT2D eigenvalue weighted by Crippen LogP contribution is 2.30. The van der Waals surface area contributed by atoms with Crippen LogP contribution in [0.15, 0.2) is 42.5 Å². The minimum absolute atomic E-state index is 0.104. The number of halogens is 1. The van der Waals surface area contributed by atoms with E-state index in [0.29, 0.717) is 36.1 Å². The van der Waals surface area contributed by atoms with Gasteiger partial charge in [-0.15, -0.1) is 0 Å². The Balaban J connectivity index is 1.56. The maximum absolute atomic E-state index is 12.5. The van der Waals surface area contributed by atoms with E-state index < -0.39 is 0 Å². The van der Waals surface area contributed by atoms with Gasteiger partial charge in [0.15, 0.2) is 11.5 Å². The third-order valence-electron chi connectivity index (χ3n) is 4.76. The van der Waals surface area contributed by atoms with Crippen LogP contribution >= 0.6 is 11.6 Å². The minimum atomic E-state index is -0.104. The van der Waals surface area contributed by atoms with E-state index in [2.05, 4.69) is 10.2 Å². The van der Waals surface area contributed by atoms with Gasteiger partial charge in [0.05, 0.1) is 24.4 Å². The summed E-state index contributed by atoms with van der Waals surface area (Å²) in [6.07, 6.45) is 1.03. The fourth-order valence-corrected chi connectivity index (χ4v) is 3.60. The zero-order valence-corrected chi connectivity index (χ0v) is 16.5. The van der Waals surface area contributed by atoms with Crippen molar-refractivity contribution in [3.63, 3.8) is 0 Å². The fourth-order valence-electron chi connectivity index (χ4n) is 3.35. The van der Waals surface area contributed by atoms with Gasteiger partial charge in [-0.25, -0.2) is 0 Å². The van der Waals surface area contributed by atoms with E-state index in [4.69, 9.17) is 21.1 Å². The maximum Gasteiger partial charge on any atom is 0.251 e. The average Bonchev–Trinajstić information content (AvgIpc) is 3.15. The van der Waals surface area contributed by atoms with Gasteiger partial charge in [0.2, 0.25) is 0 Å². The standard InChI is InChI=1S/C21H25ClN2O3/c1-3-27-19-9-8-16(12-20(19)26-2)21(25)23-13-15-10-11-24(14-15)18-7-5-4-6-17(18)22/h4-9,12,15H,3,10-11,13-14H2,1-2H3,(H,23,25). The van der Waals surface area contributed by atoms with E-state index in [1.165, 1.54) is 0 Å². The Labute approximate surface area is 165 Å². The molecular formula is C21H25ClN2O3. The summed E-state index contributed by atoms with van der Waals surface area (Å²) in [6, 6.07) is 13.1. The Morgan fingerprint density at radius 2 is 2.07 bits per heavy atom. The Morgan fingerprint density at radius 3 is 2.81 bits per heavy atom. The summed E-state index contributed by atoms with van der Waals surface area (Å²) >= 11 is 6.29. The largest absolute Gasteiger partial charge is 0.493 e. The lowest BCUT2D eigenvalue weighted by molar-refractivity contribution is 0.0948. The molecule has 3 rings (SSSR count). The minimum Gasteiger partial charge on any atom is -0.493 e. The highest BCUT2D eigenvalue weighted by molar-refractivity contribution is 6.33. The Kier molecular flexibility index (Phi) is 6.45. The van der Waals surface area contributed by atoms with Crippen LogP contribution in [0.25, 0.3) is 0 Å². The molecule has 1 amide bonds. The number of carbonyl (C=O) groups is 1. The Morgan fingerprint density at radius 1 is 1.26 bits per heavy atom. The molecule has 1 fully saturated rings. The lowest BCUT2D eigenvalue weighted by atomic mass is 10.1. The SMILES string of the molecule is CCOc1ccc(C(=O)NCC2CCN(c3ccccc3Cl)C2)cc1OC. The van der Waals surface area contributed by atoms with Crippen LogP contribution in [0.4, 0.5) is 5.69 Å². The third-order valence-corrected chi connectivity index (χ3v) is 5.08. The molecule has 1 saturated heterocycles. The van der Waals surface area contributed by atoms with Crippen LogP contribution in [0.1, 0.15) is 23.7 Å². The van der Waals surface area contributed by atoms with Gasteiger partial charge in [0, 0.05) is 25.2 Å². The second kappa shape index (κ2) is 9.00. The molecule has 0 aromatic heterocycles. The van der Waals surface area contributed by atoms with Crippen LogP contribution in [0.5, 0.6) is 11.5 Å². The number of hydrogen-bond donors (Lipinski definition) is 1. The van der Waals surface area contributed by atoms with Crippen molar-refractivity contribution in [3.05, 3.63) is 53.1 Å². The highest BCUT2D eigenvalue weighted by atomic mass is 35.5. The molecule has 1 unspecified atom stereocenters. The number of hydrogen-bond acceptors (Lipinski definition) is 4. The molecule has 1 N–H and O–H groups in total. The van der Waals surface area contributed by atoms with Crippen molar-refractivity contribution in [1.82, 2.24) is 5.32 Å². The lowest BCUT2D eigenvalue weighted by Crippen LogP contribution is -2.31. The van der Waals surface area contributed by atoms with Gasteiger partial charge in [-0.3, -0.25) is 4.79 Å². The van der Waals surface area contributed by atoms with Gasteiger partial charge in [0.1, 0.15) is 0 Å². The molecule has 0 bridgehead atoms. The molecular weight excluding hydrogens is 364 g/mol. The van der Waals surface area contributed by atoms with Crippen LogP contribution in [-0.4, -0.2) is 39.3 Å². The molecule has 5 nitrogen and oxygen atoms in total. The van der Waals surface area contributed by atoms with Crippen LogP contribution in [0.2, 0.25) is 5.02 Å². The topological polar surface area (TPSA) is 50.8 Å². The van der Waals surface area contributed by atoms with Crippen molar-refractivity contribution in [1.29, 1.82) is 0 Å². The normalized spacial score (nSPS) is 16.3. The number of nitrogens with zero attached hydrogens (tertiary/aromatic N) is 1. The summed E-state index contributed by atoms with van der Waals surface area (Å²) in [7, 11) is 1.57. The molecule has 0 saturated carbocycles. The first-order valence-corrected chi connectivity index (χ1v) is 9.58. The summed E-state index contributed by atoms with van der Waals surface area (Å²) in [5.74, 6) is 1.50. The average molecular weight is 389 g/mol. The number of para-hydroxylation sites is 1. The number of anilines is 1. The van der Waals surface area contributed by atoms with E-state index in [0.717, 1.165) is 30.2 Å². The van der Waals surface area contributed by atoms with E-state index in [1.54, 1.807) is 25.3 Å². The summed E-state index contributed by atoms with van der Waals surface area (Å²) in [6.45, 7) is 4.92. The molecule has 6 heteroatoms. The van der Waals surface area contributed by atoms with Crippen molar-refractivity contribution < 1.29 is 14.3 Å². The molecule has 2 aromatic carbocycles. The van der Waals surface area contributed by atoms with E-state index in [-0.39, 0.29) is 5.91 Å². The van der Waals surface area contributed by atoms with Gasteiger partial charge in [0.25, 0.3) is 5.91 Å². The predicted octanol–water partition coefficient (Wildman–Crippen LogP) is 4.00. The Bertz CT molecular complexity index is 797. The van der Waals surface area contributed by atoms with Crippen LogP contribution in [0, 0.1) is 5.92 Å². The Hall–Kier alpha value is -2.40. The second-order valence-electron chi connectivity index (χ2n) is 6.56. The molecule has 0 aliphatic carbocycles.